The second-order valence-corrected chi connectivity index (χ2v) is 5.63. The van der Waals surface area contributed by atoms with E-state index in [2.05, 4.69) is 4.90 Å². The average molecular weight is 258 g/mol. The Kier molecular flexibility index (Phi) is 3.83. The topological polar surface area (TPSA) is 23.6 Å². The molecule has 0 unspecified atom stereocenters. The lowest BCUT2D eigenvalue weighted by molar-refractivity contribution is 0.0573. The van der Waals surface area contributed by atoms with Crippen molar-refractivity contribution in [1.29, 1.82) is 0 Å². The van der Waals surface area contributed by atoms with Gasteiger partial charge in [0.2, 0.25) is 0 Å². The molecule has 0 radical (unpaired) electrons. The van der Waals surface area contributed by atoms with Crippen LogP contribution in [0, 0.1) is 0 Å². The lowest BCUT2D eigenvalue weighted by Gasteiger charge is -2.38. The van der Waals surface area contributed by atoms with Crippen LogP contribution >= 0.6 is 0 Å². The molecule has 1 amide bonds. The van der Waals surface area contributed by atoms with Crippen LogP contribution in [0.2, 0.25) is 0 Å². The van der Waals surface area contributed by atoms with Gasteiger partial charge < -0.3 is 4.90 Å². The number of amides is 1. The van der Waals surface area contributed by atoms with Crippen molar-refractivity contribution in [2.24, 2.45) is 0 Å². The molecule has 1 saturated heterocycles. The highest BCUT2D eigenvalue weighted by atomic mass is 16.2. The van der Waals surface area contributed by atoms with Crippen molar-refractivity contribution in [2.75, 3.05) is 26.2 Å². The number of benzene rings is 1. The zero-order valence-corrected chi connectivity index (χ0v) is 11.4. The minimum absolute atomic E-state index is 0.187. The Morgan fingerprint density at radius 1 is 0.947 bits per heavy atom. The quantitative estimate of drug-likeness (QED) is 0.813. The number of rotatable bonds is 2. The summed E-state index contributed by atoms with van der Waals surface area (Å²) in [5.41, 5.74) is 0.816. The van der Waals surface area contributed by atoms with Crippen LogP contribution in [-0.4, -0.2) is 47.9 Å². The van der Waals surface area contributed by atoms with Gasteiger partial charge in [0.05, 0.1) is 0 Å². The van der Waals surface area contributed by atoms with Crippen LogP contribution in [0.25, 0.3) is 0 Å². The van der Waals surface area contributed by atoms with Gasteiger partial charge in [-0.1, -0.05) is 31.0 Å². The van der Waals surface area contributed by atoms with Crippen LogP contribution in [0.3, 0.4) is 0 Å². The average Bonchev–Trinajstić information content (AvgIpc) is 3.02. The molecule has 0 bridgehead atoms. The van der Waals surface area contributed by atoms with Crippen molar-refractivity contribution < 1.29 is 4.79 Å². The van der Waals surface area contributed by atoms with Gasteiger partial charge in [-0.25, -0.2) is 0 Å². The zero-order chi connectivity index (χ0) is 13.1. The predicted molar refractivity (Wildman–Crippen MR) is 76.2 cm³/mol. The molecule has 0 spiro atoms. The molecule has 0 N–H and O–H groups in total. The van der Waals surface area contributed by atoms with E-state index in [0.29, 0.717) is 0 Å². The summed E-state index contributed by atoms with van der Waals surface area (Å²) in [5, 5.41) is 0. The predicted octanol–water partition coefficient (Wildman–Crippen LogP) is 2.39. The fourth-order valence-corrected chi connectivity index (χ4v) is 3.32. The SMILES string of the molecule is O=C(c1ccccc1)N1CCN(C2CCCC2)CC1. The van der Waals surface area contributed by atoms with Crippen molar-refractivity contribution in [3.63, 3.8) is 0 Å². The molecule has 0 aromatic heterocycles. The van der Waals surface area contributed by atoms with Crippen molar-refractivity contribution in [2.45, 2.75) is 31.7 Å². The zero-order valence-electron chi connectivity index (χ0n) is 11.4. The normalized spacial score (nSPS) is 21.8. The summed E-state index contributed by atoms with van der Waals surface area (Å²) in [6.45, 7) is 3.85. The Hall–Kier alpha value is -1.35. The van der Waals surface area contributed by atoms with Gasteiger partial charge in [0, 0.05) is 37.8 Å². The van der Waals surface area contributed by atoms with Gasteiger partial charge >= 0.3 is 0 Å². The van der Waals surface area contributed by atoms with Gasteiger partial charge in [0.1, 0.15) is 0 Å². The molecule has 19 heavy (non-hydrogen) atoms. The molecule has 3 nitrogen and oxygen atoms in total. The summed E-state index contributed by atoms with van der Waals surface area (Å²) in [4.78, 5) is 16.9. The highest BCUT2D eigenvalue weighted by Crippen LogP contribution is 2.24. The minimum atomic E-state index is 0.187. The third-order valence-corrected chi connectivity index (χ3v) is 4.46. The Balaban J connectivity index is 1.56. The van der Waals surface area contributed by atoms with E-state index in [1.807, 2.05) is 35.2 Å². The summed E-state index contributed by atoms with van der Waals surface area (Å²) in [6, 6.07) is 10.4. The van der Waals surface area contributed by atoms with Crippen LogP contribution in [0.4, 0.5) is 0 Å². The maximum Gasteiger partial charge on any atom is 0.253 e. The number of hydrogen-bond acceptors (Lipinski definition) is 2. The van der Waals surface area contributed by atoms with Crippen molar-refractivity contribution in [3.05, 3.63) is 35.9 Å². The van der Waals surface area contributed by atoms with E-state index in [0.717, 1.165) is 37.8 Å². The molecule has 1 aliphatic heterocycles. The number of hydrogen-bond donors (Lipinski definition) is 0. The highest BCUT2D eigenvalue weighted by molar-refractivity contribution is 5.94. The molecule has 1 aromatic rings. The van der Waals surface area contributed by atoms with E-state index in [-0.39, 0.29) is 5.91 Å². The first-order chi connectivity index (χ1) is 9.34. The first kappa shape index (κ1) is 12.7. The largest absolute Gasteiger partial charge is 0.336 e. The number of carbonyl (C=O) groups is 1. The van der Waals surface area contributed by atoms with Crippen molar-refractivity contribution >= 4 is 5.91 Å². The van der Waals surface area contributed by atoms with E-state index in [1.54, 1.807) is 0 Å². The number of nitrogens with zero attached hydrogens (tertiary/aromatic N) is 2. The van der Waals surface area contributed by atoms with Crippen LogP contribution in [0.5, 0.6) is 0 Å². The molecule has 102 valence electrons. The molecule has 1 saturated carbocycles. The molecule has 1 heterocycles. The Bertz CT molecular complexity index is 418. The summed E-state index contributed by atoms with van der Waals surface area (Å²) in [6.07, 6.45) is 5.47. The van der Waals surface area contributed by atoms with Gasteiger partial charge in [-0.3, -0.25) is 9.69 Å². The molecule has 1 aromatic carbocycles. The Morgan fingerprint density at radius 3 is 2.21 bits per heavy atom. The second-order valence-electron chi connectivity index (χ2n) is 5.63. The molecule has 2 fully saturated rings. The van der Waals surface area contributed by atoms with Crippen molar-refractivity contribution in [3.8, 4) is 0 Å². The first-order valence-corrected chi connectivity index (χ1v) is 7.43. The molecule has 1 aliphatic carbocycles. The van der Waals surface area contributed by atoms with Gasteiger partial charge in [0.15, 0.2) is 0 Å². The fraction of sp³-hybridized carbons (Fsp3) is 0.562. The second kappa shape index (κ2) is 5.74. The monoisotopic (exact) mass is 258 g/mol. The van der Waals surface area contributed by atoms with Gasteiger partial charge in [-0.05, 0) is 25.0 Å². The molecule has 2 aliphatic rings. The molecular weight excluding hydrogens is 236 g/mol. The van der Waals surface area contributed by atoms with Crippen LogP contribution < -0.4 is 0 Å². The summed E-state index contributed by atoms with van der Waals surface area (Å²) < 4.78 is 0. The molecular formula is C16H22N2O. The maximum atomic E-state index is 12.3. The van der Waals surface area contributed by atoms with Crippen molar-refractivity contribution in [1.82, 2.24) is 9.80 Å². The number of piperazine rings is 1. The summed E-state index contributed by atoms with van der Waals surface area (Å²) in [5.74, 6) is 0.187. The third-order valence-electron chi connectivity index (χ3n) is 4.46. The van der Waals surface area contributed by atoms with Crippen LogP contribution in [0.1, 0.15) is 36.0 Å². The van der Waals surface area contributed by atoms with E-state index in [4.69, 9.17) is 0 Å². The first-order valence-electron chi connectivity index (χ1n) is 7.43. The number of carbonyl (C=O) groups excluding carboxylic acids is 1. The summed E-state index contributed by atoms with van der Waals surface area (Å²) >= 11 is 0. The van der Waals surface area contributed by atoms with E-state index >= 15 is 0 Å². The molecule has 3 rings (SSSR count). The standard InChI is InChI=1S/C16H22N2O/c19-16(14-6-2-1-3-7-14)18-12-10-17(11-13-18)15-8-4-5-9-15/h1-3,6-7,15H,4-5,8-13H2. The fourth-order valence-electron chi connectivity index (χ4n) is 3.32. The van der Waals surface area contributed by atoms with Crippen LogP contribution in [-0.2, 0) is 0 Å². The Labute approximate surface area is 115 Å². The maximum absolute atomic E-state index is 12.3. The lowest BCUT2D eigenvalue weighted by atomic mass is 10.1. The van der Waals surface area contributed by atoms with Gasteiger partial charge in [-0.2, -0.15) is 0 Å². The smallest absolute Gasteiger partial charge is 0.253 e. The van der Waals surface area contributed by atoms with Gasteiger partial charge in [0.25, 0.3) is 5.91 Å². The molecule has 0 atom stereocenters. The third kappa shape index (κ3) is 2.81. The van der Waals surface area contributed by atoms with Crippen LogP contribution in [0.15, 0.2) is 30.3 Å². The van der Waals surface area contributed by atoms with E-state index in [9.17, 15) is 4.79 Å². The van der Waals surface area contributed by atoms with E-state index in [1.165, 1.54) is 25.7 Å². The summed E-state index contributed by atoms with van der Waals surface area (Å²) in [7, 11) is 0. The minimum Gasteiger partial charge on any atom is -0.336 e. The van der Waals surface area contributed by atoms with Gasteiger partial charge in [-0.15, -0.1) is 0 Å². The molecule has 3 heteroatoms. The highest BCUT2D eigenvalue weighted by Gasteiger charge is 2.27. The van der Waals surface area contributed by atoms with E-state index < -0.39 is 0 Å². The lowest BCUT2D eigenvalue weighted by Crippen LogP contribution is -2.51. The Morgan fingerprint density at radius 2 is 1.58 bits per heavy atom.